The number of nitrogens with one attached hydrogen (secondary N) is 1. The average Bonchev–Trinajstić information content (AvgIpc) is 2.42. The number of nitrogens with zero attached hydrogens (tertiary/aromatic N) is 2. The monoisotopic (exact) mass is 321 g/mol. The van der Waals surface area contributed by atoms with Crippen LogP contribution in [0.4, 0.5) is 19.0 Å². The van der Waals surface area contributed by atoms with Crippen LogP contribution in [0, 0.1) is 12.8 Å². The standard InChI is InChI=1S/C14H19ClF3N3/c1-9-12(15)13(20-8-19-9)21-11-4-2-10(3-5-11)6-7-14(16,17)18/h8,10-11H,2-7H2,1H3,(H,19,20,21). The van der Waals surface area contributed by atoms with E-state index in [2.05, 4.69) is 15.3 Å². The van der Waals surface area contributed by atoms with E-state index in [4.69, 9.17) is 11.6 Å². The molecule has 0 spiro atoms. The molecule has 1 aromatic heterocycles. The van der Waals surface area contributed by atoms with E-state index < -0.39 is 12.6 Å². The Morgan fingerprint density at radius 1 is 1.24 bits per heavy atom. The van der Waals surface area contributed by atoms with Gasteiger partial charge in [-0.15, -0.1) is 0 Å². The van der Waals surface area contributed by atoms with Crippen LogP contribution in [-0.4, -0.2) is 22.2 Å². The zero-order chi connectivity index (χ0) is 15.5. The van der Waals surface area contributed by atoms with Gasteiger partial charge in [-0.1, -0.05) is 11.6 Å². The van der Waals surface area contributed by atoms with Gasteiger partial charge in [0, 0.05) is 12.5 Å². The molecule has 0 radical (unpaired) electrons. The van der Waals surface area contributed by atoms with Gasteiger partial charge in [-0.25, -0.2) is 9.97 Å². The fourth-order valence-corrected chi connectivity index (χ4v) is 2.87. The Labute approximate surface area is 127 Å². The highest BCUT2D eigenvalue weighted by atomic mass is 35.5. The smallest absolute Gasteiger partial charge is 0.366 e. The van der Waals surface area contributed by atoms with Crippen LogP contribution in [-0.2, 0) is 0 Å². The van der Waals surface area contributed by atoms with Crippen molar-refractivity contribution < 1.29 is 13.2 Å². The van der Waals surface area contributed by atoms with E-state index in [1.54, 1.807) is 0 Å². The molecule has 118 valence electrons. The number of hydrogen-bond donors (Lipinski definition) is 1. The summed E-state index contributed by atoms with van der Waals surface area (Å²) in [4.78, 5) is 8.12. The summed E-state index contributed by atoms with van der Waals surface area (Å²) in [6.45, 7) is 1.81. The minimum atomic E-state index is -4.04. The zero-order valence-corrected chi connectivity index (χ0v) is 12.6. The SMILES string of the molecule is Cc1ncnc(NC2CCC(CCC(F)(F)F)CC2)c1Cl. The normalized spacial score (nSPS) is 23.1. The van der Waals surface area contributed by atoms with E-state index in [9.17, 15) is 13.2 Å². The summed E-state index contributed by atoms with van der Waals surface area (Å²) in [5.74, 6) is 0.787. The maximum Gasteiger partial charge on any atom is 0.389 e. The third-order valence-corrected chi connectivity index (χ3v) is 4.44. The van der Waals surface area contributed by atoms with Gasteiger partial charge in [-0.05, 0) is 44.9 Å². The topological polar surface area (TPSA) is 37.8 Å². The van der Waals surface area contributed by atoms with E-state index >= 15 is 0 Å². The molecule has 0 unspecified atom stereocenters. The molecule has 1 aliphatic carbocycles. The molecule has 0 atom stereocenters. The molecule has 7 heteroatoms. The van der Waals surface area contributed by atoms with Gasteiger partial charge in [-0.3, -0.25) is 0 Å². The molecule has 21 heavy (non-hydrogen) atoms. The summed E-state index contributed by atoms with van der Waals surface area (Å²) in [6, 6.07) is 0.221. The highest BCUT2D eigenvalue weighted by Crippen LogP contribution is 2.33. The maximum atomic E-state index is 12.2. The van der Waals surface area contributed by atoms with Crippen LogP contribution in [0.5, 0.6) is 0 Å². The number of alkyl halides is 3. The second-order valence-electron chi connectivity index (χ2n) is 5.64. The van der Waals surface area contributed by atoms with Gasteiger partial charge < -0.3 is 5.32 Å². The first-order valence-corrected chi connectivity index (χ1v) is 7.53. The molecular weight excluding hydrogens is 303 g/mol. The molecule has 1 saturated carbocycles. The molecule has 0 aromatic carbocycles. The predicted octanol–water partition coefficient (Wildman–Crippen LogP) is 4.75. The quantitative estimate of drug-likeness (QED) is 0.869. The van der Waals surface area contributed by atoms with E-state index in [-0.39, 0.29) is 18.4 Å². The number of anilines is 1. The fourth-order valence-electron chi connectivity index (χ4n) is 2.72. The summed E-state index contributed by atoms with van der Waals surface area (Å²) in [5, 5.41) is 3.79. The Morgan fingerprint density at radius 3 is 2.52 bits per heavy atom. The lowest BCUT2D eigenvalue weighted by Crippen LogP contribution is -2.27. The molecule has 1 fully saturated rings. The van der Waals surface area contributed by atoms with Crippen LogP contribution in [0.25, 0.3) is 0 Å². The van der Waals surface area contributed by atoms with E-state index in [1.165, 1.54) is 6.33 Å². The van der Waals surface area contributed by atoms with Gasteiger partial charge in [0.1, 0.15) is 17.2 Å². The summed E-state index contributed by atoms with van der Waals surface area (Å²) in [7, 11) is 0. The van der Waals surface area contributed by atoms with Crippen LogP contribution in [0.3, 0.4) is 0 Å². The first-order chi connectivity index (χ1) is 9.85. The molecule has 0 saturated heterocycles. The molecule has 0 bridgehead atoms. The Balaban J connectivity index is 1.80. The first kappa shape index (κ1) is 16.3. The molecule has 0 amide bonds. The zero-order valence-electron chi connectivity index (χ0n) is 11.9. The lowest BCUT2D eigenvalue weighted by Gasteiger charge is -2.29. The third-order valence-electron chi connectivity index (χ3n) is 3.99. The van der Waals surface area contributed by atoms with Gasteiger partial charge in [0.2, 0.25) is 0 Å². The van der Waals surface area contributed by atoms with Crippen LogP contribution in [0.15, 0.2) is 6.33 Å². The van der Waals surface area contributed by atoms with Crippen LogP contribution in [0.1, 0.15) is 44.2 Å². The van der Waals surface area contributed by atoms with Crippen molar-refractivity contribution >= 4 is 17.4 Å². The van der Waals surface area contributed by atoms with Gasteiger partial charge in [0.25, 0.3) is 0 Å². The molecule has 0 aliphatic heterocycles. The van der Waals surface area contributed by atoms with Crippen molar-refractivity contribution in [1.29, 1.82) is 0 Å². The second kappa shape index (κ2) is 6.81. The van der Waals surface area contributed by atoms with Crippen molar-refractivity contribution in [1.82, 2.24) is 9.97 Å². The number of aryl methyl sites for hydroxylation is 1. The number of halogens is 4. The van der Waals surface area contributed by atoms with Gasteiger partial charge in [0.05, 0.1) is 5.69 Å². The van der Waals surface area contributed by atoms with Crippen molar-refractivity contribution in [2.75, 3.05) is 5.32 Å². The number of aromatic nitrogens is 2. The van der Waals surface area contributed by atoms with Gasteiger partial charge in [0.15, 0.2) is 0 Å². The van der Waals surface area contributed by atoms with Crippen molar-refractivity contribution in [2.24, 2.45) is 5.92 Å². The molecule has 1 aliphatic rings. The summed E-state index contributed by atoms with van der Waals surface area (Å²) in [5.41, 5.74) is 0.716. The van der Waals surface area contributed by atoms with Crippen molar-refractivity contribution in [3.05, 3.63) is 17.0 Å². The minimum Gasteiger partial charge on any atom is -0.366 e. The number of hydrogen-bond acceptors (Lipinski definition) is 3. The second-order valence-corrected chi connectivity index (χ2v) is 6.02. The summed E-state index contributed by atoms with van der Waals surface area (Å²) in [6.07, 6.45) is 0.310. The van der Waals surface area contributed by atoms with Crippen LogP contribution >= 0.6 is 11.6 Å². The van der Waals surface area contributed by atoms with Gasteiger partial charge in [-0.2, -0.15) is 13.2 Å². The summed E-state index contributed by atoms with van der Waals surface area (Å²) < 4.78 is 36.6. The minimum absolute atomic E-state index is 0.173. The summed E-state index contributed by atoms with van der Waals surface area (Å²) >= 11 is 6.13. The number of rotatable bonds is 4. The van der Waals surface area contributed by atoms with Crippen molar-refractivity contribution in [3.63, 3.8) is 0 Å². The molecule has 1 N–H and O–H groups in total. The molecule has 1 aromatic rings. The van der Waals surface area contributed by atoms with Crippen LogP contribution < -0.4 is 5.32 Å². The average molecular weight is 322 g/mol. The van der Waals surface area contributed by atoms with Crippen molar-refractivity contribution in [2.45, 2.75) is 57.7 Å². The molecular formula is C14H19ClF3N3. The molecule has 2 rings (SSSR count). The Kier molecular flexibility index (Phi) is 5.30. The van der Waals surface area contributed by atoms with Crippen LogP contribution in [0.2, 0.25) is 5.02 Å². The lowest BCUT2D eigenvalue weighted by atomic mass is 9.83. The Morgan fingerprint density at radius 2 is 1.90 bits per heavy atom. The van der Waals surface area contributed by atoms with E-state index in [0.717, 1.165) is 25.7 Å². The Bertz CT molecular complexity index is 471. The van der Waals surface area contributed by atoms with Gasteiger partial charge >= 0.3 is 6.18 Å². The Hall–Kier alpha value is -1.04. The van der Waals surface area contributed by atoms with E-state index in [0.29, 0.717) is 16.5 Å². The molecule has 1 heterocycles. The highest BCUT2D eigenvalue weighted by Gasteiger charge is 2.30. The fraction of sp³-hybridized carbons (Fsp3) is 0.714. The first-order valence-electron chi connectivity index (χ1n) is 7.15. The van der Waals surface area contributed by atoms with Crippen molar-refractivity contribution in [3.8, 4) is 0 Å². The predicted molar refractivity (Wildman–Crippen MR) is 76.4 cm³/mol. The maximum absolute atomic E-state index is 12.2. The lowest BCUT2D eigenvalue weighted by molar-refractivity contribution is -0.138. The molecule has 3 nitrogen and oxygen atoms in total. The highest BCUT2D eigenvalue weighted by molar-refractivity contribution is 6.33. The largest absolute Gasteiger partial charge is 0.389 e. The third kappa shape index (κ3) is 5.02. The van der Waals surface area contributed by atoms with E-state index in [1.807, 2.05) is 6.92 Å².